The summed E-state index contributed by atoms with van der Waals surface area (Å²) in [5.41, 5.74) is -0.439. The van der Waals surface area contributed by atoms with E-state index in [9.17, 15) is 17.6 Å². The number of hydrogen-bond acceptors (Lipinski definition) is 6. The van der Waals surface area contributed by atoms with Gasteiger partial charge >= 0.3 is 0 Å². The van der Waals surface area contributed by atoms with Crippen molar-refractivity contribution in [2.24, 2.45) is 0 Å². The van der Waals surface area contributed by atoms with Crippen LogP contribution >= 0.6 is 0 Å². The molecule has 0 aliphatic rings. The summed E-state index contributed by atoms with van der Waals surface area (Å²) in [6.45, 7) is 3.68. The zero-order valence-corrected chi connectivity index (χ0v) is 13.4. The van der Waals surface area contributed by atoms with Crippen molar-refractivity contribution < 1.29 is 12.8 Å². The molecule has 0 N–H and O–H groups in total. The van der Waals surface area contributed by atoms with Gasteiger partial charge in [0, 0.05) is 12.5 Å². The molecular formula is C14H12FN5O3S. The third kappa shape index (κ3) is 2.60. The number of nitrogens with zero attached hydrogens (tertiary/aromatic N) is 5. The second-order valence-electron chi connectivity index (χ2n) is 4.97. The lowest BCUT2D eigenvalue weighted by Crippen LogP contribution is -2.22. The first-order chi connectivity index (χ1) is 11.3. The molecule has 0 atom stereocenters. The zero-order chi connectivity index (χ0) is 17.5. The fourth-order valence-electron chi connectivity index (χ4n) is 2.23. The van der Waals surface area contributed by atoms with Gasteiger partial charge in [0.05, 0.1) is 6.54 Å². The van der Waals surface area contributed by atoms with E-state index in [1.807, 2.05) is 0 Å². The van der Waals surface area contributed by atoms with Gasteiger partial charge in [-0.15, -0.1) is 6.58 Å². The Morgan fingerprint density at radius 2 is 2.08 bits per heavy atom. The van der Waals surface area contributed by atoms with Gasteiger partial charge in [0.2, 0.25) is 20.9 Å². The predicted molar refractivity (Wildman–Crippen MR) is 84.2 cm³/mol. The molecule has 0 radical (unpaired) electrons. The molecule has 0 bridgehead atoms. The van der Waals surface area contributed by atoms with Crippen LogP contribution in [0.4, 0.5) is 4.39 Å². The molecule has 124 valence electrons. The van der Waals surface area contributed by atoms with Crippen molar-refractivity contribution in [3.8, 4) is 5.82 Å². The van der Waals surface area contributed by atoms with Crippen LogP contribution in [0.5, 0.6) is 0 Å². The van der Waals surface area contributed by atoms with Crippen LogP contribution in [0.25, 0.3) is 16.9 Å². The second kappa shape index (κ2) is 5.64. The highest BCUT2D eigenvalue weighted by Crippen LogP contribution is 2.15. The zero-order valence-electron chi connectivity index (χ0n) is 12.5. The van der Waals surface area contributed by atoms with Crippen molar-refractivity contribution in [3.63, 3.8) is 0 Å². The Hall–Kier alpha value is -2.88. The molecule has 0 amide bonds. The first-order valence-corrected chi connectivity index (χ1v) is 8.64. The van der Waals surface area contributed by atoms with E-state index >= 15 is 0 Å². The lowest BCUT2D eigenvalue weighted by molar-refractivity contribution is 0.554. The summed E-state index contributed by atoms with van der Waals surface area (Å²) < 4.78 is 39.3. The molecule has 3 heterocycles. The van der Waals surface area contributed by atoms with E-state index in [0.717, 1.165) is 18.5 Å². The molecule has 0 fully saturated rings. The van der Waals surface area contributed by atoms with E-state index in [1.54, 1.807) is 0 Å². The molecule has 0 spiro atoms. The van der Waals surface area contributed by atoms with Crippen LogP contribution < -0.4 is 5.56 Å². The maximum atomic E-state index is 13.5. The summed E-state index contributed by atoms with van der Waals surface area (Å²) in [7, 11) is -3.68. The number of sulfone groups is 1. The van der Waals surface area contributed by atoms with Crippen molar-refractivity contribution in [2.75, 3.05) is 6.26 Å². The number of pyridine rings is 1. The lowest BCUT2D eigenvalue weighted by Gasteiger charge is -2.09. The number of allylic oxidation sites excluding steroid dienone is 1. The van der Waals surface area contributed by atoms with Gasteiger partial charge in [0.15, 0.2) is 11.5 Å². The summed E-state index contributed by atoms with van der Waals surface area (Å²) in [6, 6.07) is 4.05. The quantitative estimate of drug-likeness (QED) is 0.391. The summed E-state index contributed by atoms with van der Waals surface area (Å²) in [4.78, 5) is 23.9. The monoisotopic (exact) mass is 349 g/mol. The standard InChI is InChI=1S/C14H12FN5O3S/c1-3-7-19-13(21)9-8-16-14(24(2,22)23)18-12(9)20(19)11-6-4-5-10(15)17-11/h3-6,8H,1,7H2,2H3. The molecule has 10 heteroatoms. The molecule has 3 aromatic heterocycles. The van der Waals surface area contributed by atoms with E-state index in [1.165, 1.54) is 27.6 Å². The molecule has 0 saturated carbocycles. The van der Waals surface area contributed by atoms with Crippen LogP contribution in [-0.2, 0) is 16.4 Å². The smallest absolute Gasteiger partial charge is 0.267 e. The highest BCUT2D eigenvalue weighted by molar-refractivity contribution is 7.90. The number of aromatic nitrogens is 5. The first kappa shape index (κ1) is 16.0. The molecule has 24 heavy (non-hydrogen) atoms. The normalized spacial score (nSPS) is 11.8. The summed E-state index contributed by atoms with van der Waals surface area (Å²) >= 11 is 0. The Morgan fingerprint density at radius 1 is 1.33 bits per heavy atom. The highest BCUT2D eigenvalue weighted by Gasteiger charge is 2.20. The third-order valence-electron chi connectivity index (χ3n) is 3.20. The van der Waals surface area contributed by atoms with Gasteiger partial charge < -0.3 is 0 Å². The van der Waals surface area contributed by atoms with E-state index in [0.29, 0.717) is 0 Å². The van der Waals surface area contributed by atoms with E-state index in [2.05, 4.69) is 21.5 Å². The average molecular weight is 349 g/mol. The molecule has 0 aliphatic carbocycles. The topological polar surface area (TPSA) is 99.7 Å². The highest BCUT2D eigenvalue weighted by atomic mass is 32.2. The minimum absolute atomic E-state index is 0.0235. The van der Waals surface area contributed by atoms with Crippen LogP contribution in [0.15, 0.2) is 47.0 Å². The van der Waals surface area contributed by atoms with Crippen LogP contribution in [0.1, 0.15) is 0 Å². The molecule has 0 aromatic carbocycles. The van der Waals surface area contributed by atoms with E-state index < -0.39 is 26.5 Å². The van der Waals surface area contributed by atoms with E-state index in [4.69, 9.17) is 0 Å². The van der Waals surface area contributed by atoms with E-state index in [-0.39, 0.29) is 23.4 Å². The molecule has 0 unspecified atom stereocenters. The van der Waals surface area contributed by atoms with Crippen LogP contribution in [0, 0.1) is 5.95 Å². The Labute approximate surface area is 135 Å². The Bertz CT molecular complexity index is 1120. The van der Waals surface area contributed by atoms with Crippen LogP contribution in [0.2, 0.25) is 0 Å². The van der Waals surface area contributed by atoms with Gasteiger partial charge in [-0.1, -0.05) is 12.1 Å². The number of halogens is 1. The number of rotatable bonds is 4. The Morgan fingerprint density at radius 3 is 2.71 bits per heavy atom. The minimum atomic E-state index is -3.68. The number of fused-ring (bicyclic) bond motifs is 1. The van der Waals surface area contributed by atoms with Gasteiger partial charge in [-0.25, -0.2) is 27.7 Å². The van der Waals surface area contributed by atoms with Crippen molar-refractivity contribution in [3.05, 3.63) is 53.4 Å². The van der Waals surface area contributed by atoms with Crippen molar-refractivity contribution >= 4 is 20.9 Å². The fourth-order valence-corrected chi connectivity index (χ4v) is 2.72. The number of hydrogen-bond donors (Lipinski definition) is 0. The Balaban J connectivity index is 2.45. The first-order valence-electron chi connectivity index (χ1n) is 6.75. The van der Waals surface area contributed by atoms with Crippen molar-refractivity contribution in [2.45, 2.75) is 11.7 Å². The summed E-state index contributed by atoms with van der Waals surface area (Å²) in [5, 5.41) is -0.341. The SMILES string of the molecule is C=CCn1c(=O)c2cnc(S(C)(=O)=O)nc2n1-c1cccc(F)n1. The molecule has 8 nitrogen and oxygen atoms in total. The molecular weight excluding hydrogens is 337 g/mol. The average Bonchev–Trinajstić information content (AvgIpc) is 2.79. The van der Waals surface area contributed by atoms with Crippen LogP contribution in [0.3, 0.4) is 0 Å². The predicted octanol–water partition coefficient (Wildman–Crippen LogP) is 0.706. The van der Waals surface area contributed by atoms with Gasteiger partial charge in [0.25, 0.3) is 5.56 Å². The van der Waals surface area contributed by atoms with Crippen molar-refractivity contribution in [1.82, 2.24) is 24.3 Å². The second-order valence-corrected chi connectivity index (χ2v) is 6.88. The lowest BCUT2D eigenvalue weighted by atomic mass is 10.4. The summed E-state index contributed by atoms with van der Waals surface area (Å²) in [6.07, 6.45) is 3.56. The fraction of sp³-hybridized carbons (Fsp3) is 0.143. The van der Waals surface area contributed by atoms with Gasteiger partial charge in [-0.3, -0.25) is 4.79 Å². The largest absolute Gasteiger partial charge is 0.278 e. The van der Waals surface area contributed by atoms with Gasteiger partial charge in [-0.05, 0) is 12.1 Å². The maximum Gasteiger partial charge on any atom is 0.278 e. The molecule has 3 aromatic rings. The summed E-state index contributed by atoms with van der Waals surface area (Å²) in [5.74, 6) is -0.661. The maximum absolute atomic E-state index is 13.5. The van der Waals surface area contributed by atoms with Gasteiger partial charge in [-0.2, -0.15) is 9.37 Å². The van der Waals surface area contributed by atoms with Crippen molar-refractivity contribution in [1.29, 1.82) is 0 Å². The Kier molecular flexibility index (Phi) is 3.76. The minimum Gasteiger partial charge on any atom is -0.267 e. The third-order valence-corrected chi connectivity index (χ3v) is 4.06. The van der Waals surface area contributed by atoms with Crippen LogP contribution in [-0.4, -0.2) is 39.0 Å². The molecule has 0 aliphatic heterocycles. The molecule has 3 rings (SSSR count). The molecule has 0 saturated heterocycles. The van der Waals surface area contributed by atoms with Gasteiger partial charge in [0.1, 0.15) is 5.39 Å².